The quantitative estimate of drug-likeness (QED) is 0.391. The maximum absolute atomic E-state index is 14.4. The Labute approximate surface area is 221 Å². The van der Waals surface area contributed by atoms with E-state index in [0.29, 0.717) is 37.6 Å². The van der Waals surface area contributed by atoms with Gasteiger partial charge in [-0.15, -0.1) is 0 Å². The predicted octanol–water partition coefficient (Wildman–Crippen LogP) is 4.62. The second-order valence-electron chi connectivity index (χ2n) is 8.64. The van der Waals surface area contributed by atoms with Crippen LogP contribution in [0.25, 0.3) is 0 Å². The zero-order valence-electron chi connectivity index (χ0n) is 20.3. The van der Waals surface area contributed by atoms with Gasteiger partial charge in [0, 0.05) is 32.7 Å². The highest BCUT2D eigenvalue weighted by atomic mass is 35.5. The summed E-state index contributed by atoms with van der Waals surface area (Å²) in [6, 6.07) is 21.0. The topological polar surface area (TPSA) is 82.9 Å². The summed E-state index contributed by atoms with van der Waals surface area (Å²) in [4.78, 5) is 1.72. The molecular weight excluding hydrogens is 517 g/mol. The van der Waals surface area contributed by atoms with Gasteiger partial charge in [0.05, 0.1) is 36.5 Å². The van der Waals surface area contributed by atoms with Crippen molar-refractivity contribution in [3.8, 4) is 11.8 Å². The minimum atomic E-state index is -4.00. The fourth-order valence-corrected chi connectivity index (χ4v) is 5.92. The number of nitrogens with zero attached hydrogens (tertiary/aromatic N) is 3. The van der Waals surface area contributed by atoms with E-state index in [9.17, 15) is 12.8 Å². The lowest BCUT2D eigenvalue weighted by Gasteiger charge is -2.36. The molecule has 0 unspecified atom stereocenters. The van der Waals surface area contributed by atoms with Crippen LogP contribution in [0.5, 0.6) is 5.75 Å². The largest absolute Gasteiger partial charge is 0.497 e. The Bertz CT molecular complexity index is 1370. The minimum Gasteiger partial charge on any atom is -0.497 e. The van der Waals surface area contributed by atoms with Gasteiger partial charge in [0.25, 0.3) is 0 Å². The molecule has 37 heavy (non-hydrogen) atoms. The molecule has 0 aromatic heterocycles. The van der Waals surface area contributed by atoms with Crippen molar-refractivity contribution in [1.82, 2.24) is 9.21 Å². The lowest BCUT2D eigenvalue weighted by atomic mass is 10.1. The minimum absolute atomic E-state index is 0.217. The van der Waals surface area contributed by atoms with Crippen LogP contribution in [-0.4, -0.2) is 57.5 Å². The van der Waals surface area contributed by atoms with Gasteiger partial charge in [0.2, 0.25) is 10.0 Å². The summed E-state index contributed by atoms with van der Waals surface area (Å²) in [5.41, 5.74) is 2.45. The van der Waals surface area contributed by atoms with Crippen molar-refractivity contribution >= 4 is 21.6 Å². The van der Waals surface area contributed by atoms with Crippen molar-refractivity contribution in [2.45, 2.75) is 17.6 Å². The number of ether oxygens (including phenoxy) is 2. The molecule has 1 heterocycles. The lowest BCUT2D eigenvalue weighted by Crippen LogP contribution is -2.49. The summed E-state index contributed by atoms with van der Waals surface area (Å²) in [7, 11) is -2.40. The second kappa shape index (κ2) is 12.0. The van der Waals surface area contributed by atoms with Crippen LogP contribution >= 0.6 is 11.6 Å². The van der Waals surface area contributed by atoms with Crippen LogP contribution in [0.4, 0.5) is 4.39 Å². The maximum Gasteiger partial charge on any atom is 0.246 e. The van der Waals surface area contributed by atoms with Crippen molar-refractivity contribution in [2.75, 3.05) is 39.8 Å². The Balaban J connectivity index is 1.45. The molecule has 7 nitrogen and oxygen atoms in total. The molecule has 4 rings (SSSR count). The fourth-order valence-electron chi connectivity index (χ4n) is 4.18. The number of rotatable bonds is 9. The van der Waals surface area contributed by atoms with Gasteiger partial charge < -0.3 is 9.47 Å². The first-order valence-electron chi connectivity index (χ1n) is 11.7. The molecule has 0 N–H and O–H groups in total. The molecule has 0 amide bonds. The maximum atomic E-state index is 14.4. The molecule has 10 heteroatoms. The van der Waals surface area contributed by atoms with E-state index < -0.39 is 20.7 Å². The third kappa shape index (κ3) is 6.47. The first kappa shape index (κ1) is 27.0. The summed E-state index contributed by atoms with van der Waals surface area (Å²) in [6.07, 6.45) is -0.306. The van der Waals surface area contributed by atoms with Crippen LogP contribution in [0.1, 0.15) is 22.8 Å². The standard InChI is InChI=1S/C27H27ClFN3O4S/c1-35-23-5-2-4-22(16-23)25(36-19-21-10-8-20(17-30)9-11-21)18-31-12-14-32(15-13-31)37(33,34)26-7-3-6-24(28)27(26)29/h2-11,16,25H,12-15,18-19H2,1H3/t25-/m0/s1. The summed E-state index contributed by atoms with van der Waals surface area (Å²) < 4.78 is 53.5. The van der Waals surface area contributed by atoms with E-state index >= 15 is 0 Å². The molecule has 194 valence electrons. The first-order chi connectivity index (χ1) is 17.8. The zero-order chi connectivity index (χ0) is 26.4. The molecule has 1 atom stereocenters. The molecule has 1 aliphatic heterocycles. The van der Waals surface area contributed by atoms with Crippen molar-refractivity contribution in [3.63, 3.8) is 0 Å². The van der Waals surface area contributed by atoms with Crippen LogP contribution < -0.4 is 4.74 Å². The summed E-state index contributed by atoms with van der Waals surface area (Å²) >= 11 is 5.80. The highest BCUT2D eigenvalue weighted by Gasteiger charge is 2.32. The number of nitriles is 1. The summed E-state index contributed by atoms with van der Waals surface area (Å²) in [5.74, 6) is -0.218. The lowest BCUT2D eigenvalue weighted by molar-refractivity contribution is 0.00762. The molecule has 0 radical (unpaired) electrons. The number of hydrogen-bond acceptors (Lipinski definition) is 6. The number of piperazine rings is 1. The van der Waals surface area contributed by atoms with Gasteiger partial charge in [0.1, 0.15) is 10.6 Å². The monoisotopic (exact) mass is 543 g/mol. The van der Waals surface area contributed by atoms with Crippen molar-refractivity contribution in [1.29, 1.82) is 5.26 Å². The van der Waals surface area contributed by atoms with Crippen LogP contribution in [0.3, 0.4) is 0 Å². The number of benzene rings is 3. The SMILES string of the molecule is COc1cccc([C@H](CN2CCN(S(=O)(=O)c3cccc(Cl)c3F)CC2)OCc2ccc(C#N)cc2)c1. The van der Waals surface area contributed by atoms with E-state index in [2.05, 4.69) is 11.0 Å². The Morgan fingerprint density at radius 2 is 1.76 bits per heavy atom. The molecule has 1 fully saturated rings. The highest BCUT2D eigenvalue weighted by molar-refractivity contribution is 7.89. The van der Waals surface area contributed by atoms with Crippen LogP contribution in [0.15, 0.2) is 71.6 Å². The van der Waals surface area contributed by atoms with E-state index in [4.69, 9.17) is 26.3 Å². The summed E-state index contributed by atoms with van der Waals surface area (Å²) in [6.45, 7) is 2.23. The van der Waals surface area contributed by atoms with E-state index in [-0.39, 0.29) is 24.2 Å². The molecule has 3 aromatic rings. The molecule has 0 saturated carbocycles. The Kier molecular flexibility index (Phi) is 8.79. The predicted molar refractivity (Wildman–Crippen MR) is 138 cm³/mol. The Hall–Kier alpha value is -3.00. The van der Waals surface area contributed by atoms with E-state index in [1.54, 1.807) is 19.2 Å². The van der Waals surface area contributed by atoms with Gasteiger partial charge in [0.15, 0.2) is 5.82 Å². The normalized spacial score (nSPS) is 15.7. The molecule has 0 aliphatic carbocycles. The van der Waals surface area contributed by atoms with Crippen LogP contribution in [0, 0.1) is 17.1 Å². The van der Waals surface area contributed by atoms with Gasteiger partial charge in [-0.05, 0) is 47.5 Å². The highest BCUT2D eigenvalue weighted by Crippen LogP contribution is 2.28. The smallest absolute Gasteiger partial charge is 0.246 e. The van der Waals surface area contributed by atoms with E-state index in [0.717, 1.165) is 11.1 Å². The molecule has 3 aromatic carbocycles. The number of sulfonamides is 1. The average Bonchev–Trinajstić information content (AvgIpc) is 2.93. The number of methoxy groups -OCH3 is 1. The van der Waals surface area contributed by atoms with Crippen LogP contribution in [0.2, 0.25) is 5.02 Å². The van der Waals surface area contributed by atoms with Gasteiger partial charge >= 0.3 is 0 Å². The number of halogens is 2. The Morgan fingerprint density at radius 3 is 2.43 bits per heavy atom. The van der Waals surface area contributed by atoms with Crippen LogP contribution in [-0.2, 0) is 21.4 Å². The zero-order valence-corrected chi connectivity index (χ0v) is 21.9. The molecule has 1 aliphatic rings. The van der Waals surface area contributed by atoms with Crippen molar-refractivity contribution in [3.05, 3.63) is 94.3 Å². The van der Waals surface area contributed by atoms with E-state index in [1.165, 1.54) is 22.5 Å². The number of hydrogen-bond donors (Lipinski definition) is 0. The van der Waals surface area contributed by atoms with E-state index in [1.807, 2.05) is 36.4 Å². The molecular formula is C27H27ClFN3O4S. The van der Waals surface area contributed by atoms with Gasteiger partial charge in [-0.3, -0.25) is 4.90 Å². The van der Waals surface area contributed by atoms with Gasteiger partial charge in [-0.25, -0.2) is 12.8 Å². The first-order valence-corrected chi connectivity index (χ1v) is 13.5. The van der Waals surface area contributed by atoms with Crippen molar-refractivity contribution in [2.24, 2.45) is 0 Å². The third-order valence-electron chi connectivity index (χ3n) is 6.29. The summed E-state index contributed by atoms with van der Waals surface area (Å²) in [5, 5.41) is 8.80. The molecule has 1 saturated heterocycles. The van der Waals surface area contributed by atoms with Gasteiger partial charge in [-0.1, -0.05) is 41.9 Å². The Morgan fingerprint density at radius 1 is 1.05 bits per heavy atom. The van der Waals surface area contributed by atoms with Crippen molar-refractivity contribution < 1.29 is 22.3 Å². The second-order valence-corrected chi connectivity index (χ2v) is 11.0. The average molecular weight is 544 g/mol. The fraction of sp³-hybridized carbons (Fsp3) is 0.296. The molecule has 0 spiro atoms. The molecule has 0 bridgehead atoms. The third-order valence-corrected chi connectivity index (χ3v) is 8.50. The van der Waals surface area contributed by atoms with Gasteiger partial charge in [-0.2, -0.15) is 9.57 Å².